The molecule has 1 aromatic carbocycles. The van der Waals surface area contributed by atoms with E-state index in [-0.39, 0.29) is 6.61 Å². The smallest absolute Gasteiger partial charge is 0.142 e. The van der Waals surface area contributed by atoms with Crippen molar-refractivity contribution in [3.63, 3.8) is 0 Å². The second-order valence-electron chi connectivity index (χ2n) is 4.80. The first kappa shape index (κ1) is 14.8. The molecule has 1 unspecified atom stereocenters. The number of hydrogen-bond donors (Lipinski definition) is 2. The van der Waals surface area contributed by atoms with Crippen molar-refractivity contribution in [3.05, 3.63) is 23.8 Å². The number of nitrogens with zero attached hydrogens (tertiary/aromatic N) is 1. The van der Waals surface area contributed by atoms with E-state index in [0.29, 0.717) is 12.5 Å². The summed E-state index contributed by atoms with van der Waals surface area (Å²) in [6.07, 6.45) is -0.746. The van der Waals surface area contributed by atoms with Crippen LogP contribution in [-0.2, 0) is 0 Å². The fourth-order valence-corrected chi connectivity index (χ4v) is 1.84. The molecule has 0 aromatic heterocycles. The largest absolute Gasteiger partial charge is 0.495 e. The normalized spacial score (nSPS) is 12.6. The maximum Gasteiger partial charge on any atom is 0.142 e. The Hall–Kier alpha value is -1.26. The lowest BCUT2D eigenvalue weighted by atomic mass is 10.0. The van der Waals surface area contributed by atoms with Crippen LogP contribution >= 0.6 is 0 Å². The second kappa shape index (κ2) is 6.61. The highest BCUT2D eigenvalue weighted by Crippen LogP contribution is 2.31. The number of likely N-dealkylation sites (N-methyl/N-ethyl adjacent to an activating group) is 1. The van der Waals surface area contributed by atoms with Gasteiger partial charge >= 0.3 is 0 Å². The monoisotopic (exact) mass is 253 g/mol. The van der Waals surface area contributed by atoms with E-state index >= 15 is 0 Å². The van der Waals surface area contributed by atoms with Crippen LogP contribution in [0.15, 0.2) is 18.2 Å². The van der Waals surface area contributed by atoms with Gasteiger partial charge in [0.15, 0.2) is 0 Å². The summed E-state index contributed by atoms with van der Waals surface area (Å²) in [4.78, 5) is 1.88. The van der Waals surface area contributed by atoms with Gasteiger partial charge in [-0.05, 0) is 23.6 Å². The van der Waals surface area contributed by atoms with Gasteiger partial charge in [-0.1, -0.05) is 19.9 Å². The summed E-state index contributed by atoms with van der Waals surface area (Å²) < 4.78 is 5.39. The second-order valence-corrected chi connectivity index (χ2v) is 4.80. The summed E-state index contributed by atoms with van der Waals surface area (Å²) in [7, 11) is 3.50. The summed E-state index contributed by atoms with van der Waals surface area (Å²) in [5.74, 6) is 1.23. The molecule has 1 aromatic rings. The van der Waals surface area contributed by atoms with Crippen LogP contribution in [0.25, 0.3) is 0 Å². The standard InChI is InChI=1S/C14H23NO3/c1-10(2)11-5-6-13(14(7-11)18-4)15(3)8-12(17)9-16/h5-7,10,12,16-17H,8-9H2,1-4H3. The molecule has 1 rings (SSSR count). The molecule has 4 nitrogen and oxygen atoms in total. The molecule has 4 heteroatoms. The molecule has 0 radical (unpaired) electrons. The van der Waals surface area contributed by atoms with Gasteiger partial charge in [0.05, 0.1) is 25.5 Å². The molecule has 2 N–H and O–H groups in total. The Morgan fingerprint density at radius 2 is 2.00 bits per heavy atom. The fraction of sp³-hybridized carbons (Fsp3) is 0.571. The fourth-order valence-electron chi connectivity index (χ4n) is 1.84. The number of rotatable bonds is 6. The lowest BCUT2D eigenvalue weighted by Gasteiger charge is -2.24. The third-order valence-corrected chi connectivity index (χ3v) is 2.98. The van der Waals surface area contributed by atoms with E-state index < -0.39 is 6.10 Å². The molecule has 18 heavy (non-hydrogen) atoms. The Labute approximate surface area is 109 Å². The third-order valence-electron chi connectivity index (χ3n) is 2.98. The molecule has 0 spiro atoms. The summed E-state index contributed by atoms with van der Waals surface area (Å²) in [5.41, 5.74) is 2.13. The molecular formula is C14H23NO3. The number of aliphatic hydroxyl groups is 2. The predicted octanol–water partition coefficient (Wildman–Crippen LogP) is 1.61. The third kappa shape index (κ3) is 3.62. The topological polar surface area (TPSA) is 52.9 Å². The van der Waals surface area contributed by atoms with Crippen molar-refractivity contribution in [2.24, 2.45) is 0 Å². The van der Waals surface area contributed by atoms with Gasteiger partial charge in [0, 0.05) is 13.6 Å². The number of aliphatic hydroxyl groups excluding tert-OH is 2. The van der Waals surface area contributed by atoms with Crippen LogP contribution in [-0.4, -0.2) is 43.6 Å². The van der Waals surface area contributed by atoms with Crippen LogP contribution in [0.3, 0.4) is 0 Å². The molecule has 0 aliphatic carbocycles. The van der Waals surface area contributed by atoms with E-state index in [9.17, 15) is 5.11 Å². The Kier molecular flexibility index (Phi) is 5.44. The Bertz CT molecular complexity index is 379. The van der Waals surface area contributed by atoms with Crippen LogP contribution in [0.5, 0.6) is 5.75 Å². The highest BCUT2D eigenvalue weighted by Gasteiger charge is 2.13. The van der Waals surface area contributed by atoms with Gasteiger partial charge in [-0.25, -0.2) is 0 Å². The molecule has 0 aliphatic rings. The predicted molar refractivity (Wildman–Crippen MR) is 73.4 cm³/mol. The molecule has 0 fully saturated rings. The minimum absolute atomic E-state index is 0.239. The Morgan fingerprint density at radius 3 is 2.50 bits per heavy atom. The molecule has 1 atom stereocenters. The van der Waals surface area contributed by atoms with Gasteiger partial charge < -0.3 is 19.8 Å². The molecule has 0 saturated heterocycles. The zero-order valence-electron chi connectivity index (χ0n) is 11.6. The number of methoxy groups -OCH3 is 1. The first-order valence-electron chi connectivity index (χ1n) is 6.17. The van der Waals surface area contributed by atoms with Gasteiger partial charge in [0.2, 0.25) is 0 Å². The van der Waals surface area contributed by atoms with Crippen molar-refractivity contribution < 1.29 is 14.9 Å². The van der Waals surface area contributed by atoms with Crippen LogP contribution < -0.4 is 9.64 Å². The van der Waals surface area contributed by atoms with Crippen LogP contribution in [0.1, 0.15) is 25.3 Å². The van der Waals surface area contributed by atoms with E-state index in [1.54, 1.807) is 7.11 Å². The van der Waals surface area contributed by atoms with Gasteiger partial charge in [0.1, 0.15) is 5.75 Å². The van der Waals surface area contributed by atoms with Crippen LogP contribution in [0.4, 0.5) is 5.69 Å². The maximum atomic E-state index is 9.46. The summed E-state index contributed by atoms with van der Waals surface area (Å²) in [5, 5.41) is 18.3. The van der Waals surface area contributed by atoms with Crippen molar-refractivity contribution in [2.45, 2.75) is 25.9 Å². The van der Waals surface area contributed by atoms with Crippen molar-refractivity contribution in [3.8, 4) is 5.75 Å². The Balaban J connectivity index is 2.94. The first-order valence-corrected chi connectivity index (χ1v) is 6.17. The quantitative estimate of drug-likeness (QED) is 0.808. The van der Waals surface area contributed by atoms with Crippen molar-refractivity contribution in [1.29, 1.82) is 0 Å². The summed E-state index contributed by atoms with van der Waals surface area (Å²) >= 11 is 0. The van der Waals surface area contributed by atoms with Gasteiger partial charge in [-0.15, -0.1) is 0 Å². The zero-order valence-corrected chi connectivity index (χ0v) is 11.6. The van der Waals surface area contributed by atoms with Gasteiger partial charge in [-0.3, -0.25) is 0 Å². The highest BCUT2D eigenvalue weighted by atomic mass is 16.5. The van der Waals surface area contributed by atoms with Crippen molar-refractivity contribution >= 4 is 5.69 Å². The van der Waals surface area contributed by atoms with Gasteiger partial charge in [-0.2, -0.15) is 0 Å². The minimum Gasteiger partial charge on any atom is -0.495 e. The average molecular weight is 253 g/mol. The SMILES string of the molecule is COc1cc(C(C)C)ccc1N(C)CC(O)CO. The molecule has 0 heterocycles. The molecule has 0 amide bonds. The van der Waals surface area contributed by atoms with E-state index in [0.717, 1.165) is 11.4 Å². The van der Waals surface area contributed by atoms with Crippen molar-refractivity contribution in [2.75, 3.05) is 32.2 Å². The van der Waals surface area contributed by atoms with Crippen molar-refractivity contribution in [1.82, 2.24) is 0 Å². The van der Waals surface area contributed by atoms with Gasteiger partial charge in [0.25, 0.3) is 0 Å². The van der Waals surface area contributed by atoms with E-state index in [1.165, 1.54) is 5.56 Å². The lowest BCUT2D eigenvalue weighted by molar-refractivity contribution is 0.101. The lowest BCUT2D eigenvalue weighted by Crippen LogP contribution is -2.31. The molecular weight excluding hydrogens is 230 g/mol. The summed E-state index contributed by atoms with van der Waals surface area (Å²) in [6.45, 7) is 4.39. The Morgan fingerprint density at radius 1 is 1.33 bits per heavy atom. The maximum absolute atomic E-state index is 9.46. The first-order chi connectivity index (χ1) is 8.49. The van der Waals surface area contributed by atoms with Crippen LogP contribution in [0.2, 0.25) is 0 Å². The molecule has 0 aliphatic heterocycles. The van der Waals surface area contributed by atoms with Crippen LogP contribution in [0, 0.1) is 0 Å². The number of hydrogen-bond acceptors (Lipinski definition) is 4. The average Bonchev–Trinajstić information content (AvgIpc) is 2.37. The summed E-state index contributed by atoms with van der Waals surface area (Å²) in [6, 6.07) is 6.06. The van der Waals surface area contributed by atoms with E-state index in [2.05, 4.69) is 19.9 Å². The van der Waals surface area contributed by atoms with E-state index in [1.807, 2.05) is 24.1 Å². The van der Waals surface area contributed by atoms with E-state index in [4.69, 9.17) is 9.84 Å². The number of benzene rings is 1. The zero-order chi connectivity index (χ0) is 13.7. The number of ether oxygens (including phenoxy) is 1. The minimum atomic E-state index is -0.746. The molecule has 102 valence electrons. The number of anilines is 1. The highest BCUT2D eigenvalue weighted by molar-refractivity contribution is 5.59. The molecule has 0 saturated carbocycles. The molecule has 0 bridgehead atoms.